The Labute approximate surface area is 72.3 Å². The van der Waals surface area contributed by atoms with Crippen molar-refractivity contribution in [1.29, 1.82) is 0 Å². The first-order valence-corrected chi connectivity index (χ1v) is 3.30. The van der Waals surface area contributed by atoms with Crippen molar-refractivity contribution in [2.75, 3.05) is 7.05 Å². The minimum atomic E-state index is 0.326. The number of rotatable bonds is 4. The van der Waals surface area contributed by atoms with Gasteiger partial charge in [0, 0.05) is 25.0 Å². The molecular weight excluding hydrogens is 154 g/mol. The molecule has 0 fully saturated rings. The summed E-state index contributed by atoms with van der Waals surface area (Å²) in [6.07, 6.45) is 2.93. The molecule has 0 aromatic heterocycles. The molecular formula is C7H15N5. The predicted octanol–water partition coefficient (Wildman–Crippen LogP) is -0.575. The number of nitrogens with two attached hydrogens (primary N) is 3. The first-order chi connectivity index (χ1) is 5.49. The summed E-state index contributed by atoms with van der Waals surface area (Å²) in [5.41, 5.74) is 6.07. The topological polar surface area (TPSA) is 84.5 Å². The van der Waals surface area contributed by atoms with Gasteiger partial charge in [-0.05, 0) is 0 Å². The molecule has 0 atom stereocenters. The van der Waals surface area contributed by atoms with Gasteiger partial charge in [-0.3, -0.25) is 5.01 Å². The van der Waals surface area contributed by atoms with Crippen molar-refractivity contribution in [3.63, 3.8) is 0 Å². The van der Waals surface area contributed by atoms with Crippen LogP contribution >= 0.6 is 0 Å². The molecule has 12 heavy (non-hydrogen) atoms. The number of nitrogens with zero attached hydrogens (tertiary/aromatic N) is 2. The lowest BCUT2D eigenvalue weighted by molar-refractivity contribution is 0.445. The van der Waals surface area contributed by atoms with Crippen molar-refractivity contribution in [1.82, 2.24) is 10.0 Å². The van der Waals surface area contributed by atoms with E-state index in [1.54, 1.807) is 13.1 Å². The zero-order valence-electron chi connectivity index (χ0n) is 7.20. The number of allylic oxidation sites excluding steroid dienone is 1. The zero-order valence-corrected chi connectivity index (χ0v) is 7.20. The van der Waals surface area contributed by atoms with Gasteiger partial charge in [0.15, 0.2) is 0 Å². The Balaban J connectivity index is 4.35. The smallest absolute Gasteiger partial charge is 0.119 e. The lowest BCUT2D eigenvalue weighted by atomic mass is 10.4. The first kappa shape index (κ1) is 10.5. The predicted molar refractivity (Wildman–Crippen MR) is 49.6 cm³/mol. The van der Waals surface area contributed by atoms with Crippen LogP contribution in [-0.2, 0) is 0 Å². The Bertz CT molecular complexity index is 206. The van der Waals surface area contributed by atoms with E-state index in [0.29, 0.717) is 11.5 Å². The Morgan fingerprint density at radius 2 is 1.92 bits per heavy atom. The van der Waals surface area contributed by atoms with Crippen molar-refractivity contribution >= 4 is 0 Å². The minimum Gasteiger partial charge on any atom is -0.384 e. The van der Waals surface area contributed by atoms with E-state index in [9.17, 15) is 0 Å². The van der Waals surface area contributed by atoms with Crippen LogP contribution in [0.1, 0.15) is 0 Å². The van der Waals surface area contributed by atoms with E-state index in [1.807, 2.05) is 0 Å². The fourth-order valence-corrected chi connectivity index (χ4v) is 0.452. The van der Waals surface area contributed by atoms with Crippen molar-refractivity contribution < 1.29 is 0 Å². The van der Waals surface area contributed by atoms with Crippen molar-refractivity contribution in [3.05, 3.63) is 37.0 Å². The molecule has 0 aliphatic heterocycles. The molecule has 0 saturated carbocycles. The summed E-state index contributed by atoms with van der Waals surface area (Å²) >= 11 is 0. The quantitative estimate of drug-likeness (QED) is 0.298. The third kappa shape index (κ3) is 3.09. The van der Waals surface area contributed by atoms with Crippen LogP contribution in [0.2, 0.25) is 0 Å². The van der Waals surface area contributed by atoms with E-state index in [4.69, 9.17) is 17.4 Å². The van der Waals surface area contributed by atoms with Gasteiger partial charge in [0.1, 0.15) is 5.82 Å². The van der Waals surface area contributed by atoms with Crippen molar-refractivity contribution in [3.8, 4) is 0 Å². The summed E-state index contributed by atoms with van der Waals surface area (Å²) in [4.78, 5) is 0. The number of hydrogen-bond acceptors (Lipinski definition) is 5. The third-order valence-electron chi connectivity index (χ3n) is 1.26. The summed E-state index contributed by atoms with van der Waals surface area (Å²) in [7, 11) is 1.65. The normalized spacial score (nSPS) is 10.8. The van der Waals surface area contributed by atoms with Crippen LogP contribution in [0.25, 0.3) is 0 Å². The molecule has 0 spiro atoms. The second-order valence-corrected chi connectivity index (χ2v) is 2.26. The third-order valence-corrected chi connectivity index (χ3v) is 1.26. The molecule has 5 heteroatoms. The fourth-order valence-electron chi connectivity index (χ4n) is 0.452. The molecule has 6 N–H and O–H groups in total. The Morgan fingerprint density at radius 1 is 1.42 bits per heavy atom. The maximum Gasteiger partial charge on any atom is 0.119 e. The van der Waals surface area contributed by atoms with Gasteiger partial charge in [0.05, 0.1) is 0 Å². The minimum absolute atomic E-state index is 0.326. The van der Waals surface area contributed by atoms with Crippen LogP contribution in [0.3, 0.4) is 0 Å². The molecule has 0 heterocycles. The van der Waals surface area contributed by atoms with Crippen LogP contribution in [0, 0.1) is 0 Å². The molecule has 0 aliphatic rings. The maximum atomic E-state index is 5.51. The van der Waals surface area contributed by atoms with Crippen LogP contribution < -0.4 is 17.4 Å². The van der Waals surface area contributed by atoms with Gasteiger partial charge in [-0.25, -0.2) is 11.7 Å². The Kier molecular flexibility index (Phi) is 3.89. The van der Waals surface area contributed by atoms with Gasteiger partial charge in [-0.1, -0.05) is 13.2 Å². The molecule has 0 amide bonds. The van der Waals surface area contributed by atoms with Crippen LogP contribution in [0.15, 0.2) is 37.0 Å². The molecule has 0 rings (SSSR count). The molecule has 68 valence electrons. The highest BCUT2D eigenvalue weighted by molar-refractivity contribution is 5.16. The summed E-state index contributed by atoms with van der Waals surface area (Å²) < 4.78 is 0. The highest BCUT2D eigenvalue weighted by atomic mass is 15.4. The van der Waals surface area contributed by atoms with E-state index in [-0.39, 0.29) is 0 Å². The largest absolute Gasteiger partial charge is 0.384 e. The Morgan fingerprint density at radius 3 is 2.25 bits per heavy atom. The zero-order chi connectivity index (χ0) is 9.72. The number of hydrazine groups is 2. The van der Waals surface area contributed by atoms with Crippen LogP contribution in [-0.4, -0.2) is 17.1 Å². The average Bonchev–Trinajstić information content (AvgIpc) is 2.02. The molecule has 0 aromatic rings. The SMILES string of the molecule is C=CN(N)/C(N)=C\C(=C)N(C)N. The van der Waals surface area contributed by atoms with E-state index in [1.165, 1.54) is 16.2 Å². The summed E-state index contributed by atoms with van der Waals surface area (Å²) in [5.74, 6) is 11.1. The summed E-state index contributed by atoms with van der Waals surface area (Å²) in [5, 5.41) is 2.51. The monoisotopic (exact) mass is 169 g/mol. The van der Waals surface area contributed by atoms with Gasteiger partial charge in [0.25, 0.3) is 0 Å². The molecule has 0 unspecified atom stereocenters. The lowest BCUT2D eigenvalue weighted by Gasteiger charge is -2.16. The van der Waals surface area contributed by atoms with E-state index in [2.05, 4.69) is 13.2 Å². The van der Waals surface area contributed by atoms with E-state index >= 15 is 0 Å². The van der Waals surface area contributed by atoms with E-state index < -0.39 is 0 Å². The number of hydrogen-bond donors (Lipinski definition) is 3. The maximum absolute atomic E-state index is 5.51. The molecule has 0 bridgehead atoms. The van der Waals surface area contributed by atoms with E-state index in [0.717, 1.165) is 0 Å². The first-order valence-electron chi connectivity index (χ1n) is 3.30. The van der Waals surface area contributed by atoms with Crippen molar-refractivity contribution in [2.45, 2.75) is 0 Å². The molecule has 5 nitrogen and oxygen atoms in total. The molecule has 0 aromatic carbocycles. The lowest BCUT2D eigenvalue weighted by Crippen LogP contribution is -2.30. The van der Waals surface area contributed by atoms with Gasteiger partial charge in [-0.15, -0.1) is 0 Å². The number of likely N-dealkylation sites (N-methyl/N-ethyl adjacent to an activating group) is 1. The Hall–Kier alpha value is -1.46. The van der Waals surface area contributed by atoms with Gasteiger partial charge in [-0.2, -0.15) is 0 Å². The highest BCUT2D eigenvalue weighted by Gasteiger charge is 1.97. The average molecular weight is 169 g/mol. The molecule has 0 radical (unpaired) electrons. The van der Waals surface area contributed by atoms with Gasteiger partial charge < -0.3 is 10.7 Å². The molecule has 0 aliphatic carbocycles. The second-order valence-electron chi connectivity index (χ2n) is 2.26. The second kappa shape index (κ2) is 4.42. The van der Waals surface area contributed by atoms with Gasteiger partial charge >= 0.3 is 0 Å². The van der Waals surface area contributed by atoms with Crippen LogP contribution in [0.5, 0.6) is 0 Å². The van der Waals surface area contributed by atoms with Crippen LogP contribution in [0.4, 0.5) is 0 Å². The highest BCUT2D eigenvalue weighted by Crippen LogP contribution is 1.98. The van der Waals surface area contributed by atoms with Crippen molar-refractivity contribution in [2.24, 2.45) is 17.4 Å². The standard InChI is InChI=1S/C7H15N5/c1-4-12(10)7(8)5-6(2)11(3)9/h4-5H,1-2,8-10H2,3H3/b7-5-. The fraction of sp³-hybridized carbons (Fsp3) is 0.143. The summed E-state index contributed by atoms with van der Waals surface area (Å²) in [6.45, 7) is 7.08. The molecule has 0 saturated heterocycles. The van der Waals surface area contributed by atoms with Gasteiger partial charge in [0.2, 0.25) is 0 Å². The summed E-state index contributed by atoms with van der Waals surface area (Å²) in [6, 6.07) is 0.